The first-order valence-corrected chi connectivity index (χ1v) is 10.5. The zero-order valence-electron chi connectivity index (χ0n) is 16.9. The number of hydrogen-bond donors (Lipinski definition) is 0. The van der Waals surface area contributed by atoms with Crippen LogP contribution in [0, 0.1) is 0 Å². The number of morpholine rings is 1. The Morgan fingerprint density at radius 3 is 2.70 bits per heavy atom. The van der Waals surface area contributed by atoms with E-state index in [1.54, 1.807) is 12.4 Å². The number of carbonyl (C=O) groups excluding carboxylic acids is 1. The Morgan fingerprint density at radius 1 is 1.10 bits per heavy atom. The van der Waals surface area contributed by atoms with E-state index in [2.05, 4.69) is 19.9 Å². The molecule has 0 atom stereocenters. The van der Waals surface area contributed by atoms with Crippen LogP contribution in [0.4, 0.5) is 0 Å². The van der Waals surface area contributed by atoms with Crippen LogP contribution in [0.5, 0.6) is 0 Å². The fourth-order valence-electron chi connectivity index (χ4n) is 4.33. The van der Waals surface area contributed by atoms with Crippen molar-refractivity contribution in [1.29, 1.82) is 0 Å². The number of oxazole rings is 1. The van der Waals surface area contributed by atoms with Gasteiger partial charge in [-0.3, -0.25) is 9.69 Å². The standard InChI is InChI=1S/C22H25N5O3/c28-22(27-5-3-18(4-6-27)26-7-9-29-10-8-26)12-21-24-13-17-2-1-16(11-19(17)25-21)20-14-23-15-30-20/h1-2,11,13-15,18H,3-10,12H2. The summed E-state index contributed by atoms with van der Waals surface area (Å²) in [5.41, 5.74) is 1.70. The third kappa shape index (κ3) is 4.06. The maximum Gasteiger partial charge on any atom is 0.230 e. The first-order valence-electron chi connectivity index (χ1n) is 10.5. The van der Waals surface area contributed by atoms with Gasteiger partial charge in [0, 0.05) is 49.4 Å². The molecule has 0 N–H and O–H groups in total. The van der Waals surface area contributed by atoms with Crippen molar-refractivity contribution in [3.8, 4) is 11.3 Å². The van der Waals surface area contributed by atoms with Crippen LogP contribution in [0.2, 0.25) is 0 Å². The lowest BCUT2D eigenvalue weighted by molar-refractivity contribution is -0.132. The molecular formula is C22H25N5O3. The molecule has 0 aliphatic carbocycles. The minimum absolute atomic E-state index is 0.0983. The van der Waals surface area contributed by atoms with Gasteiger partial charge < -0.3 is 14.1 Å². The Hall–Kier alpha value is -2.84. The van der Waals surface area contributed by atoms with Crippen LogP contribution in [-0.2, 0) is 16.0 Å². The number of piperidine rings is 1. The van der Waals surface area contributed by atoms with Crippen LogP contribution in [0.1, 0.15) is 18.7 Å². The van der Waals surface area contributed by atoms with E-state index in [1.165, 1.54) is 6.39 Å². The number of rotatable bonds is 4. The van der Waals surface area contributed by atoms with Gasteiger partial charge in [0.1, 0.15) is 5.82 Å². The van der Waals surface area contributed by atoms with Crippen molar-refractivity contribution >= 4 is 16.8 Å². The molecule has 0 spiro atoms. The molecule has 0 bridgehead atoms. The lowest BCUT2D eigenvalue weighted by Gasteiger charge is -2.40. The van der Waals surface area contributed by atoms with Crippen LogP contribution in [-0.4, -0.2) is 76.1 Å². The van der Waals surface area contributed by atoms with E-state index in [0.29, 0.717) is 17.6 Å². The summed E-state index contributed by atoms with van der Waals surface area (Å²) in [6.45, 7) is 5.22. The minimum atomic E-state index is 0.0983. The molecule has 4 heterocycles. The highest BCUT2D eigenvalue weighted by molar-refractivity contribution is 5.83. The summed E-state index contributed by atoms with van der Waals surface area (Å²) in [5, 5.41) is 0.931. The third-order valence-electron chi connectivity index (χ3n) is 6.04. The average Bonchev–Trinajstić information content (AvgIpc) is 3.34. The molecule has 1 amide bonds. The van der Waals surface area contributed by atoms with Crippen LogP contribution >= 0.6 is 0 Å². The molecule has 2 fully saturated rings. The van der Waals surface area contributed by atoms with E-state index in [4.69, 9.17) is 9.15 Å². The zero-order chi connectivity index (χ0) is 20.3. The lowest BCUT2D eigenvalue weighted by Crippen LogP contribution is -2.50. The smallest absolute Gasteiger partial charge is 0.230 e. The van der Waals surface area contributed by atoms with Gasteiger partial charge in [-0.05, 0) is 18.9 Å². The Labute approximate surface area is 174 Å². The quantitative estimate of drug-likeness (QED) is 0.655. The molecule has 0 saturated carbocycles. The maximum atomic E-state index is 12.8. The van der Waals surface area contributed by atoms with Crippen LogP contribution < -0.4 is 0 Å². The van der Waals surface area contributed by atoms with Crippen molar-refractivity contribution in [2.75, 3.05) is 39.4 Å². The van der Waals surface area contributed by atoms with E-state index in [0.717, 1.165) is 68.7 Å². The van der Waals surface area contributed by atoms with Gasteiger partial charge in [-0.1, -0.05) is 12.1 Å². The lowest BCUT2D eigenvalue weighted by atomic mass is 10.0. The molecule has 2 aliphatic heterocycles. The van der Waals surface area contributed by atoms with Gasteiger partial charge in [-0.25, -0.2) is 15.0 Å². The predicted molar refractivity (Wildman–Crippen MR) is 111 cm³/mol. The maximum absolute atomic E-state index is 12.8. The minimum Gasteiger partial charge on any atom is -0.444 e. The predicted octanol–water partition coefficient (Wildman–Crippen LogP) is 2.15. The van der Waals surface area contributed by atoms with Gasteiger partial charge in [-0.15, -0.1) is 0 Å². The van der Waals surface area contributed by atoms with Crippen LogP contribution in [0.15, 0.2) is 41.4 Å². The molecule has 30 heavy (non-hydrogen) atoms. The number of likely N-dealkylation sites (tertiary alicyclic amines) is 1. The van der Waals surface area contributed by atoms with Crippen molar-refractivity contribution in [2.45, 2.75) is 25.3 Å². The summed E-state index contributed by atoms with van der Waals surface area (Å²) in [4.78, 5) is 30.3. The Morgan fingerprint density at radius 2 is 1.93 bits per heavy atom. The molecule has 8 heteroatoms. The summed E-state index contributed by atoms with van der Waals surface area (Å²) in [6, 6.07) is 6.41. The van der Waals surface area contributed by atoms with Gasteiger partial charge in [0.15, 0.2) is 12.2 Å². The summed E-state index contributed by atoms with van der Waals surface area (Å²) >= 11 is 0. The topological polar surface area (TPSA) is 84.6 Å². The van der Waals surface area contributed by atoms with E-state index in [1.807, 2.05) is 23.1 Å². The molecule has 0 unspecified atom stereocenters. The Balaban J connectivity index is 1.23. The number of aromatic nitrogens is 3. The second kappa shape index (κ2) is 8.49. The molecule has 8 nitrogen and oxygen atoms in total. The number of carbonyl (C=O) groups is 1. The van der Waals surface area contributed by atoms with Crippen LogP contribution in [0.3, 0.4) is 0 Å². The van der Waals surface area contributed by atoms with E-state index < -0.39 is 0 Å². The van der Waals surface area contributed by atoms with Crippen LogP contribution in [0.25, 0.3) is 22.2 Å². The molecule has 3 aromatic rings. The molecule has 2 aliphatic rings. The van der Waals surface area contributed by atoms with Gasteiger partial charge in [0.25, 0.3) is 0 Å². The van der Waals surface area contributed by atoms with Crippen molar-refractivity contribution in [2.24, 2.45) is 0 Å². The van der Waals surface area contributed by atoms with E-state index in [9.17, 15) is 4.79 Å². The van der Waals surface area contributed by atoms with Crippen molar-refractivity contribution in [3.05, 3.63) is 42.8 Å². The highest BCUT2D eigenvalue weighted by atomic mass is 16.5. The largest absolute Gasteiger partial charge is 0.444 e. The van der Waals surface area contributed by atoms with Crippen molar-refractivity contribution in [1.82, 2.24) is 24.8 Å². The summed E-state index contributed by atoms with van der Waals surface area (Å²) in [5.74, 6) is 1.34. The highest BCUT2D eigenvalue weighted by Crippen LogP contribution is 2.23. The summed E-state index contributed by atoms with van der Waals surface area (Å²) in [7, 11) is 0. The van der Waals surface area contributed by atoms with E-state index in [-0.39, 0.29) is 12.3 Å². The number of amides is 1. The highest BCUT2D eigenvalue weighted by Gasteiger charge is 2.28. The molecular weight excluding hydrogens is 382 g/mol. The Bertz CT molecular complexity index is 1010. The fraction of sp³-hybridized carbons (Fsp3) is 0.455. The molecule has 2 saturated heterocycles. The average molecular weight is 407 g/mol. The molecule has 5 rings (SSSR count). The third-order valence-corrected chi connectivity index (χ3v) is 6.04. The molecule has 156 valence electrons. The van der Waals surface area contributed by atoms with Crippen molar-refractivity contribution < 1.29 is 13.9 Å². The van der Waals surface area contributed by atoms with Gasteiger partial charge in [-0.2, -0.15) is 0 Å². The monoisotopic (exact) mass is 407 g/mol. The SMILES string of the molecule is O=C(Cc1ncc2ccc(-c3cnco3)cc2n1)N1CCC(N2CCOCC2)CC1. The second-order valence-corrected chi connectivity index (χ2v) is 7.86. The second-order valence-electron chi connectivity index (χ2n) is 7.86. The first-order chi connectivity index (χ1) is 14.8. The number of nitrogens with zero attached hydrogens (tertiary/aromatic N) is 5. The molecule has 1 aromatic carbocycles. The first kappa shape index (κ1) is 19.1. The normalized spacial score (nSPS) is 18.7. The number of ether oxygens (including phenoxy) is 1. The summed E-state index contributed by atoms with van der Waals surface area (Å²) < 4.78 is 10.8. The van der Waals surface area contributed by atoms with E-state index >= 15 is 0 Å². The fourth-order valence-corrected chi connectivity index (χ4v) is 4.33. The van der Waals surface area contributed by atoms with Gasteiger partial charge >= 0.3 is 0 Å². The number of hydrogen-bond acceptors (Lipinski definition) is 7. The molecule has 2 aromatic heterocycles. The Kier molecular flexibility index (Phi) is 5.42. The summed E-state index contributed by atoms with van der Waals surface area (Å²) in [6.07, 6.45) is 7.12. The van der Waals surface area contributed by atoms with Gasteiger partial charge in [0.2, 0.25) is 5.91 Å². The number of fused-ring (bicyclic) bond motifs is 1. The van der Waals surface area contributed by atoms with Gasteiger partial charge in [0.05, 0.1) is 31.3 Å². The zero-order valence-corrected chi connectivity index (χ0v) is 16.9. The number of benzene rings is 1. The van der Waals surface area contributed by atoms with Crippen molar-refractivity contribution in [3.63, 3.8) is 0 Å². The molecule has 0 radical (unpaired) electrons.